The molecule has 0 bridgehead atoms. The van der Waals surface area contributed by atoms with Gasteiger partial charge in [-0.25, -0.2) is 4.79 Å². The zero-order valence-corrected chi connectivity index (χ0v) is 11.7. The van der Waals surface area contributed by atoms with Gasteiger partial charge in [-0.1, -0.05) is 6.07 Å². The van der Waals surface area contributed by atoms with E-state index < -0.39 is 0 Å². The Balaban J connectivity index is 1.67. The summed E-state index contributed by atoms with van der Waals surface area (Å²) in [6.07, 6.45) is 2.76. The maximum atomic E-state index is 11.4. The van der Waals surface area contributed by atoms with Gasteiger partial charge in [-0.05, 0) is 37.5 Å². The number of hydrogen-bond donors (Lipinski definition) is 0. The number of carbonyl (C=O) groups is 1. The minimum atomic E-state index is -0.356. The summed E-state index contributed by atoms with van der Waals surface area (Å²) in [6, 6.07) is 7.00. The molecule has 0 radical (unpaired) electrons. The maximum absolute atomic E-state index is 11.4. The first-order valence-corrected chi connectivity index (χ1v) is 6.84. The van der Waals surface area contributed by atoms with E-state index >= 15 is 0 Å². The van der Waals surface area contributed by atoms with Gasteiger partial charge < -0.3 is 18.9 Å². The molecule has 0 spiro atoms. The second-order valence-corrected chi connectivity index (χ2v) is 4.53. The molecule has 1 fully saturated rings. The summed E-state index contributed by atoms with van der Waals surface area (Å²) in [4.78, 5) is 11.4. The van der Waals surface area contributed by atoms with Crippen LogP contribution in [0.5, 0.6) is 5.75 Å². The minimum Gasteiger partial charge on any atom is -0.494 e. The molecule has 0 aromatic heterocycles. The quantitative estimate of drug-likeness (QED) is 0.567. The Morgan fingerprint density at radius 2 is 2.10 bits per heavy atom. The van der Waals surface area contributed by atoms with Crippen LogP contribution in [0.25, 0.3) is 0 Å². The highest BCUT2D eigenvalue weighted by atomic mass is 16.7. The van der Waals surface area contributed by atoms with Crippen LogP contribution in [0.2, 0.25) is 0 Å². The highest BCUT2D eigenvalue weighted by Gasteiger charge is 2.14. The third-order valence-corrected chi connectivity index (χ3v) is 3.05. The molecule has 1 heterocycles. The molecule has 2 rings (SSSR count). The first kappa shape index (κ1) is 14.8. The number of rotatable bonds is 7. The van der Waals surface area contributed by atoms with Crippen LogP contribution in [0.15, 0.2) is 24.3 Å². The van der Waals surface area contributed by atoms with Crippen LogP contribution >= 0.6 is 0 Å². The average Bonchev–Trinajstić information content (AvgIpc) is 2.99. The van der Waals surface area contributed by atoms with Crippen LogP contribution in [0.3, 0.4) is 0 Å². The van der Waals surface area contributed by atoms with E-state index in [-0.39, 0.29) is 12.3 Å². The summed E-state index contributed by atoms with van der Waals surface area (Å²) in [5.41, 5.74) is 0.498. The van der Waals surface area contributed by atoms with E-state index in [1.165, 1.54) is 7.11 Å². The number of ether oxygens (including phenoxy) is 4. The Kier molecular flexibility index (Phi) is 5.83. The van der Waals surface area contributed by atoms with E-state index in [1.54, 1.807) is 18.2 Å². The number of esters is 1. The van der Waals surface area contributed by atoms with Crippen LogP contribution in [0.4, 0.5) is 0 Å². The average molecular weight is 280 g/mol. The summed E-state index contributed by atoms with van der Waals surface area (Å²) in [5, 5.41) is 0. The molecule has 110 valence electrons. The molecule has 1 saturated heterocycles. The highest BCUT2D eigenvalue weighted by molar-refractivity contribution is 5.89. The molecule has 0 unspecified atom stereocenters. The van der Waals surface area contributed by atoms with Crippen molar-refractivity contribution in [3.63, 3.8) is 0 Å². The summed E-state index contributed by atoms with van der Waals surface area (Å²) in [6.45, 7) is 2.00. The fraction of sp³-hybridized carbons (Fsp3) is 0.533. The van der Waals surface area contributed by atoms with E-state index in [9.17, 15) is 4.79 Å². The van der Waals surface area contributed by atoms with Crippen molar-refractivity contribution in [2.45, 2.75) is 25.6 Å². The van der Waals surface area contributed by atoms with E-state index in [4.69, 9.17) is 14.2 Å². The zero-order valence-electron chi connectivity index (χ0n) is 11.7. The van der Waals surface area contributed by atoms with Crippen molar-refractivity contribution in [1.29, 1.82) is 0 Å². The van der Waals surface area contributed by atoms with Crippen LogP contribution in [-0.2, 0) is 14.2 Å². The van der Waals surface area contributed by atoms with Gasteiger partial charge in [0.05, 0.1) is 32.5 Å². The molecule has 0 amide bonds. The molecule has 5 heteroatoms. The summed E-state index contributed by atoms with van der Waals surface area (Å²) in [7, 11) is 1.36. The topological polar surface area (TPSA) is 54.0 Å². The monoisotopic (exact) mass is 280 g/mol. The van der Waals surface area contributed by atoms with Crippen molar-refractivity contribution in [1.82, 2.24) is 0 Å². The van der Waals surface area contributed by atoms with Crippen molar-refractivity contribution < 1.29 is 23.7 Å². The molecule has 20 heavy (non-hydrogen) atoms. The minimum absolute atomic E-state index is 0.0438. The molecular formula is C15H20O5. The van der Waals surface area contributed by atoms with Crippen molar-refractivity contribution in [3.05, 3.63) is 29.8 Å². The lowest BCUT2D eigenvalue weighted by atomic mass is 10.2. The smallest absolute Gasteiger partial charge is 0.337 e. The fourth-order valence-electron chi connectivity index (χ4n) is 2.01. The summed E-state index contributed by atoms with van der Waals surface area (Å²) in [5.74, 6) is 0.326. The third kappa shape index (κ3) is 4.51. The summed E-state index contributed by atoms with van der Waals surface area (Å²) < 4.78 is 21.0. The number of carbonyl (C=O) groups excluding carboxylic acids is 1. The number of benzene rings is 1. The predicted molar refractivity (Wildman–Crippen MR) is 72.8 cm³/mol. The number of unbranched alkanes of at least 4 members (excludes halogenated alkanes) is 1. The normalized spacial score (nSPS) is 15.2. The second kappa shape index (κ2) is 7.87. The first-order chi connectivity index (χ1) is 9.79. The van der Waals surface area contributed by atoms with Gasteiger partial charge in [-0.2, -0.15) is 0 Å². The predicted octanol–water partition coefficient (Wildman–Crippen LogP) is 2.40. The lowest BCUT2D eigenvalue weighted by Gasteiger charge is -2.09. The molecule has 1 aliphatic rings. The van der Waals surface area contributed by atoms with E-state index in [0.717, 1.165) is 19.3 Å². The van der Waals surface area contributed by atoms with E-state index in [0.29, 0.717) is 31.1 Å². The van der Waals surface area contributed by atoms with Crippen molar-refractivity contribution in [3.8, 4) is 5.75 Å². The fourth-order valence-corrected chi connectivity index (χ4v) is 2.01. The molecular weight excluding hydrogens is 260 g/mol. The van der Waals surface area contributed by atoms with Crippen LogP contribution < -0.4 is 4.74 Å². The lowest BCUT2D eigenvalue weighted by Crippen LogP contribution is -2.08. The van der Waals surface area contributed by atoms with Crippen LogP contribution in [0, 0.1) is 0 Å². The molecule has 0 aliphatic carbocycles. The van der Waals surface area contributed by atoms with Gasteiger partial charge in [0.15, 0.2) is 6.29 Å². The standard InChI is InChI=1S/C15H20O5/c1-17-15(16)12-5-4-6-13(11-12)18-8-3-2-7-14-19-9-10-20-14/h4-6,11,14H,2-3,7-10H2,1H3. The lowest BCUT2D eigenvalue weighted by molar-refractivity contribution is -0.0482. The van der Waals surface area contributed by atoms with Gasteiger partial charge in [-0.15, -0.1) is 0 Å². The van der Waals surface area contributed by atoms with E-state index in [2.05, 4.69) is 4.74 Å². The molecule has 0 saturated carbocycles. The Bertz CT molecular complexity index is 426. The Morgan fingerprint density at radius 3 is 2.85 bits per heavy atom. The third-order valence-electron chi connectivity index (χ3n) is 3.05. The van der Waals surface area contributed by atoms with Gasteiger partial charge in [0, 0.05) is 0 Å². The molecule has 0 N–H and O–H groups in total. The van der Waals surface area contributed by atoms with Gasteiger partial charge in [-0.3, -0.25) is 0 Å². The number of hydrogen-bond acceptors (Lipinski definition) is 5. The van der Waals surface area contributed by atoms with Crippen molar-refractivity contribution >= 4 is 5.97 Å². The molecule has 1 aromatic rings. The molecule has 5 nitrogen and oxygen atoms in total. The zero-order chi connectivity index (χ0) is 14.2. The van der Waals surface area contributed by atoms with Crippen LogP contribution in [0.1, 0.15) is 29.6 Å². The molecule has 1 aromatic carbocycles. The largest absolute Gasteiger partial charge is 0.494 e. The Hall–Kier alpha value is -1.59. The van der Waals surface area contributed by atoms with Crippen LogP contribution in [-0.4, -0.2) is 39.2 Å². The maximum Gasteiger partial charge on any atom is 0.337 e. The highest BCUT2D eigenvalue weighted by Crippen LogP contribution is 2.15. The van der Waals surface area contributed by atoms with Crippen molar-refractivity contribution in [2.75, 3.05) is 26.9 Å². The van der Waals surface area contributed by atoms with E-state index in [1.807, 2.05) is 6.07 Å². The Labute approximate surface area is 118 Å². The SMILES string of the molecule is COC(=O)c1cccc(OCCCCC2OCCO2)c1. The molecule has 1 aliphatic heterocycles. The van der Waals surface area contributed by atoms with Gasteiger partial charge >= 0.3 is 5.97 Å². The van der Waals surface area contributed by atoms with Gasteiger partial charge in [0.1, 0.15) is 5.75 Å². The van der Waals surface area contributed by atoms with Gasteiger partial charge in [0.2, 0.25) is 0 Å². The van der Waals surface area contributed by atoms with Crippen molar-refractivity contribution in [2.24, 2.45) is 0 Å². The second-order valence-electron chi connectivity index (χ2n) is 4.53. The molecule has 0 atom stereocenters. The van der Waals surface area contributed by atoms with Gasteiger partial charge in [0.25, 0.3) is 0 Å². The Morgan fingerprint density at radius 1 is 1.30 bits per heavy atom. The first-order valence-electron chi connectivity index (χ1n) is 6.84. The number of methoxy groups -OCH3 is 1. The summed E-state index contributed by atoms with van der Waals surface area (Å²) >= 11 is 0.